The molecule has 164 valence electrons. The molecule has 1 amide bonds. The minimum Gasteiger partial charge on any atom is -0.542 e. The summed E-state index contributed by atoms with van der Waals surface area (Å²) in [6.45, 7) is 4.75. The smallest absolute Gasteiger partial charge is 0.430 e. The summed E-state index contributed by atoms with van der Waals surface area (Å²) in [6, 6.07) is 5.78. The Balaban J connectivity index is 0.000000396. The van der Waals surface area contributed by atoms with Crippen LogP contribution in [0.1, 0.15) is 29.2 Å². The second-order valence-electron chi connectivity index (χ2n) is 6.69. The number of aliphatic carboxylic acids is 1. The highest BCUT2D eigenvalue weighted by molar-refractivity contribution is 5.90. The van der Waals surface area contributed by atoms with Crippen molar-refractivity contribution in [2.24, 2.45) is 0 Å². The lowest BCUT2D eigenvalue weighted by Gasteiger charge is -2.35. The van der Waals surface area contributed by atoms with Gasteiger partial charge in [0.2, 0.25) is 0 Å². The Bertz CT molecular complexity index is 904. The van der Waals surface area contributed by atoms with Gasteiger partial charge in [0.1, 0.15) is 5.97 Å². The van der Waals surface area contributed by atoms with E-state index in [1.54, 1.807) is 6.08 Å². The number of nitrogens with zero attached hydrogens (tertiary/aromatic N) is 1. The number of nitrogens with one attached hydrogen (secondary N) is 2. The Hall–Kier alpha value is -2.92. The predicted octanol–water partition coefficient (Wildman–Crippen LogP) is 0.0518. The number of carbonyl (C=O) groups excluding carboxylic acids is 2. The van der Waals surface area contributed by atoms with Crippen molar-refractivity contribution in [2.45, 2.75) is 31.0 Å². The number of aliphatic hydroxyl groups is 1. The average molecular weight is 429 g/mol. The number of carbonyl (C=O) groups is 2. The van der Waals surface area contributed by atoms with Crippen LogP contribution in [0.5, 0.6) is 0 Å². The van der Waals surface area contributed by atoms with E-state index < -0.39 is 17.7 Å². The van der Waals surface area contributed by atoms with E-state index in [2.05, 4.69) is 16.9 Å². The van der Waals surface area contributed by atoms with Crippen molar-refractivity contribution < 1.29 is 42.1 Å². The molecule has 0 aromatic carbocycles. The van der Waals surface area contributed by atoms with Crippen molar-refractivity contribution in [3.05, 3.63) is 48.6 Å². The number of carboxylic acid groups (broad SMARTS) is 1. The number of hydrogen-bond donors (Lipinski definition) is 3. The fourth-order valence-electron chi connectivity index (χ4n) is 3.00. The Kier molecular flexibility index (Phi) is 7.57. The topological polar surface area (TPSA) is 119 Å². The molecule has 3 rings (SSSR count). The number of imidazole rings is 1. The van der Waals surface area contributed by atoms with Crippen LogP contribution in [0.2, 0.25) is 0 Å². The van der Waals surface area contributed by atoms with Crippen LogP contribution in [0.3, 0.4) is 0 Å². The lowest BCUT2D eigenvalue weighted by atomic mass is 9.91. The van der Waals surface area contributed by atoms with Crippen molar-refractivity contribution in [1.29, 1.82) is 0 Å². The number of carboxylic acids is 1. The van der Waals surface area contributed by atoms with E-state index in [4.69, 9.17) is 14.6 Å². The molecule has 1 saturated heterocycles. The fraction of sp³-hybridized carbons (Fsp3) is 0.421. The molecule has 2 aromatic rings. The summed E-state index contributed by atoms with van der Waals surface area (Å²) in [6.07, 6.45) is 0.326. The summed E-state index contributed by atoms with van der Waals surface area (Å²) in [7, 11) is 0. The third-order valence-corrected chi connectivity index (χ3v) is 4.61. The third kappa shape index (κ3) is 5.57. The molecule has 3 N–H and O–H groups in total. The number of aromatic amines is 1. The second-order valence-corrected chi connectivity index (χ2v) is 6.69. The van der Waals surface area contributed by atoms with Crippen molar-refractivity contribution in [3.63, 3.8) is 0 Å². The van der Waals surface area contributed by atoms with Gasteiger partial charge in [0.25, 0.3) is 0 Å². The first-order valence-electron chi connectivity index (χ1n) is 9.05. The number of pyridine rings is 1. The number of halogens is 3. The molecule has 1 aliphatic heterocycles. The van der Waals surface area contributed by atoms with Crippen LogP contribution in [-0.2, 0) is 16.0 Å². The number of aliphatic hydroxyl groups excluding tert-OH is 1. The summed E-state index contributed by atoms with van der Waals surface area (Å²) < 4.78 is 38.7. The van der Waals surface area contributed by atoms with Crippen LogP contribution in [0.25, 0.3) is 5.52 Å². The molecule has 11 heteroatoms. The molecular formula is C19H22F3N3O5. The lowest BCUT2D eigenvalue weighted by Crippen LogP contribution is -2.55. The highest BCUT2D eigenvalue weighted by Gasteiger charge is 2.36. The molecule has 1 fully saturated rings. The third-order valence-electron chi connectivity index (χ3n) is 4.61. The van der Waals surface area contributed by atoms with Gasteiger partial charge in [0.05, 0.1) is 18.3 Å². The first kappa shape index (κ1) is 23.4. The molecule has 0 unspecified atom stereocenters. The van der Waals surface area contributed by atoms with Crippen molar-refractivity contribution in [1.82, 2.24) is 10.3 Å². The van der Waals surface area contributed by atoms with E-state index in [0.29, 0.717) is 38.3 Å². The number of fused-ring (bicyclic) bond motifs is 1. The van der Waals surface area contributed by atoms with E-state index in [0.717, 1.165) is 11.2 Å². The maximum atomic E-state index is 12.8. The van der Waals surface area contributed by atoms with Crippen molar-refractivity contribution in [3.8, 4) is 0 Å². The van der Waals surface area contributed by atoms with E-state index in [9.17, 15) is 23.1 Å². The first-order chi connectivity index (χ1) is 14.1. The van der Waals surface area contributed by atoms with Gasteiger partial charge < -0.3 is 25.1 Å². The second kappa shape index (κ2) is 9.72. The number of amides is 1. The number of ether oxygens (including phenoxy) is 1. The summed E-state index contributed by atoms with van der Waals surface area (Å²) in [5, 5.41) is 21.5. The van der Waals surface area contributed by atoms with Gasteiger partial charge >= 0.3 is 17.9 Å². The maximum Gasteiger partial charge on any atom is 0.430 e. The maximum absolute atomic E-state index is 12.8. The highest BCUT2D eigenvalue weighted by atomic mass is 19.4. The highest BCUT2D eigenvalue weighted by Crippen LogP contribution is 2.20. The standard InChI is InChI=1S/C17H21N3O3.C2HF3O2/c1-2-5-13-14-6-3-4-9-20(14)15(18-13)16(22)19-17(12-21)7-10-23-11-8-17;3-2(4,5)1(6)7/h2-4,6,9,21H,1,5,7-8,10-12H2,(H,19,22);(H,6,7). The summed E-state index contributed by atoms with van der Waals surface area (Å²) >= 11 is 0. The van der Waals surface area contributed by atoms with Crippen LogP contribution in [0.15, 0.2) is 37.1 Å². The van der Waals surface area contributed by atoms with Gasteiger partial charge in [-0.25, -0.2) is 4.98 Å². The van der Waals surface area contributed by atoms with Crippen LogP contribution in [-0.4, -0.2) is 53.5 Å². The Labute approximate surface area is 170 Å². The number of aromatic nitrogens is 2. The van der Waals surface area contributed by atoms with E-state index in [-0.39, 0.29) is 12.5 Å². The molecule has 0 bridgehead atoms. The number of alkyl halides is 3. The lowest BCUT2D eigenvalue weighted by molar-refractivity contribution is -0.514. The normalized spacial score (nSPS) is 15.7. The van der Waals surface area contributed by atoms with Crippen LogP contribution < -0.4 is 14.8 Å². The minimum atomic E-state index is -5.19. The van der Waals surface area contributed by atoms with Gasteiger partial charge in [-0.05, 0) is 25.0 Å². The molecule has 0 aliphatic carbocycles. The molecule has 3 heterocycles. The van der Waals surface area contributed by atoms with Crippen LogP contribution in [0, 0.1) is 0 Å². The molecule has 0 radical (unpaired) electrons. The zero-order chi connectivity index (χ0) is 22.4. The number of H-pyrrole nitrogens is 1. The SMILES string of the molecule is C=CCc1[nH]c(C(=O)NC2(CO)CCOCC2)[n+]2ccccc12.O=C([O-])C(F)(F)F. The molecule has 0 atom stereocenters. The number of allylic oxidation sites excluding steroid dienone is 1. The molecule has 1 aliphatic rings. The zero-order valence-corrected chi connectivity index (χ0v) is 16.0. The number of hydrogen-bond acceptors (Lipinski definition) is 5. The summed E-state index contributed by atoms with van der Waals surface area (Å²) in [5.41, 5.74) is 1.28. The van der Waals surface area contributed by atoms with E-state index in [1.165, 1.54) is 0 Å². The summed E-state index contributed by atoms with van der Waals surface area (Å²) in [5.74, 6) is -2.78. The van der Waals surface area contributed by atoms with Gasteiger partial charge in [-0.2, -0.15) is 17.6 Å². The molecule has 0 spiro atoms. The fourth-order valence-corrected chi connectivity index (χ4v) is 3.00. The molecule has 30 heavy (non-hydrogen) atoms. The average Bonchev–Trinajstić information content (AvgIpc) is 3.08. The van der Waals surface area contributed by atoms with Gasteiger partial charge in [-0.3, -0.25) is 4.79 Å². The minimum absolute atomic E-state index is 0.0923. The van der Waals surface area contributed by atoms with E-state index >= 15 is 0 Å². The van der Waals surface area contributed by atoms with Gasteiger partial charge in [0.15, 0.2) is 11.2 Å². The first-order valence-corrected chi connectivity index (χ1v) is 9.05. The molecular weight excluding hydrogens is 407 g/mol. The Morgan fingerprint density at radius 3 is 2.53 bits per heavy atom. The van der Waals surface area contributed by atoms with Crippen LogP contribution in [0.4, 0.5) is 13.2 Å². The van der Waals surface area contributed by atoms with Crippen LogP contribution >= 0.6 is 0 Å². The van der Waals surface area contributed by atoms with Crippen molar-refractivity contribution >= 4 is 17.4 Å². The Morgan fingerprint density at radius 1 is 1.37 bits per heavy atom. The summed E-state index contributed by atoms with van der Waals surface area (Å²) in [4.78, 5) is 24.7. The number of rotatable bonds is 5. The quantitative estimate of drug-likeness (QED) is 0.459. The molecule has 0 saturated carbocycles. The largest absolute Gasteiger partial charge is 0.542 e. The monoisotopic (exact) mass is 429 g/mol. The Morgan fingerprint density at radius 2 is 2.00 bits per heavy atom. The van der Waals surface area contributed by atoms with Gasteiger partial charge in [-0.15, -0.1) is 6.58 Å². The predicted molar refractivity (Wildman–Crippen MR) is 96.3 cm³/mol. The van der Waals surface area contributed by atoms with Crippen molar-refractivity contribution in [2.75, 3.05) is 19.8 Å². The molecule has 8 nitrogen and oxygen atoms in total. The zero-order valence-electron chi connectivity index (χ0n) is 16.0. The molecule has 2 aromatic heterocycles. The van der Waals surface area contributed by atoms with Gasteiger partial charge in [-0.1, -0.05) is 12.1 Å². The van der Waals surface area contributed by atoms with E-state index in [1.807, 2.05) is 28.8 Å². The van der Waals surface area contributed by atoms with Gasteiger partial charge in [0, 0.05) is 19.6 Å².